The third kappa shape index (κ3) is 2.89. The van der Waals surface area contributed by atoms with Crippen LogP contribution in [-0.4, -0.2) is 22.6 Å². The highest BCUT2D eigenvalue weighted by atomic mass is 16.4. The highest BCUT2D eigenvalue weighted by Crippen LogP contribution is 2.39. The summed E-state index contributed by atoms with van der Waals surface area (Å²) in [4.78, 5) is 35.9. The van der Waals surface area contributed by atoms with Crippen LogP contribution in [0.4, 0.5) is 0 Å². The zero-order valence-corrected chi connectivity index (χ0v) is 12.8. The summed E-state index contributed by atoms with van der Waals surface area (Å²) in [5, 5.41) is 8.99. The van der Waals surface area contributed by atoms with Gasteiger partial charge >= 0.3 is 5.97 Å². The molecule has 0 amide bonds. The number of allylic oxidation sites excluding steroid dienone is 4. The van der Waals surface area contributed by atoms with Crippen LogP contribution in [0.2, 0.25) is 0 Å². The van der Waals surface area contributed by atoms with Crippen LogP contribution < -0.4 is 0 Å². The van der Waals surface area contributed by atoms with Gasteiger partial charge in [-0.2, -0.15) is 0 Å². The van der Waals surface area contributed by atoms with Crippen molar-refractivity contribution in [3.8, 4) is 0 Å². The fourth-order valence-electron chi connectivity index (χ4n) is 2.84. The average Bonchev–Trinajstić information content (AvgIpc) is 2.30. The van der Waals surface area contributed by atoms with Crippen molar-refractivity contribution < 1.29 is 19.5 Å². The van der Waals surface area contributed by atoms with E-state index in [4.69, 9.17) is 5.11 Å². The number of carboxylic acids is 1. The maximum Gasteiger partial charge on any atom is 0.304 e. The SMILES string of the molecule is CCCC1=C(C)C(=O)C(C(C)(C)CC(=O)O)=C(C)C1=O. The highest BCUT2D eigenvalue weighted by molar-refractivity contribution is 6.25. The van der Waals surface area contributed by atoms with Crippen molar-refractivity contribution in [1.29, 1.82) is 0 Å². The van der Waals surface area contributed by atoms with Gasteiger partial charge in [0.2, 0.25) is 0 Å². The Morgan fingerprint density at radius 2 is 1.65 bits per heavy atom. The van der Waals surface area contributed by atoms with Crippen LogP contribution in [0.25, 0.3) is 0 Å². The minimum Gasteiger partial charge on any atom is -0.481 e. The zero-order chi connectivity index (χ0) is 15.7. The summed E-state index contributed by atoms with van der Waals surface area (Å²) in [5.41, 5.74) is 0.945. The molecule has 20 heavy (non-hydrogen) atoms. The number of ketones is 2. The van der Waals surface area contributed by atoms with Crippen molar-refractivity contribution in [2.24, 2.45) is 5.41 Å². The van der Waals surface area contributed by atoms with E-state index in [0.29, 0.717) is 28.7 Å². The summed E-state index contributed by atoms with van der Waals surface area (Å²) >= 11 is 0. The van der Waals surface area contributed by atoms with E-state index in [1.807, 2.05) is 6.92 Å². The number of rotatable bonds is 5. The lowest BCUT2D eigenvalue weighted by Gasteiger charge is -2.31. The summed E-state index contributed by atoms with van der Waals surface area (Å²) < 4.78 is 0. The molecular formula is C16H22O4. The van der Waals surface area contributed by atoms with Gasteiger partial charge in [0.1, 0.15) is 0 Å². The van der Waals surface area contributed by atoms with Gasteiger partial charge in [-0.1, -0.05) is 27.2 Å². The van der Waals surface area contributed by atoms with Crippen LogP contribution in [-0.2, 0) is 14.4 Å². The Kier molecular flexibility index (Phi) is 4.69. The second-order valence-corrected chi connectivity index (χ2v) is 5.97. The molecule has 0 saturated carbocycles. The number of carbonyl (C=O) groups excluding carboxylic acids is 2. The summed E-state index contributed by atoms with van der Waals surface area (Å²) in [6, 6.07) is 0. The summed E-state index contributed by atoms with van der Waals surface area (Å²) in [7, 11) is 0. The monoisotopic (exact) mass is 278 g/mol. The molecule has 4 heteroatoms. The van der Waals surface area contributed by atoms with E-state index in [9.17, 15) is 14.4 Å². The van der Waals surface area contributed by atoms with Gasteiger partial charge in [0.25, 0.3) is 0 Å². The fourth-order valence-corrected chi connectivity index (χ4v) is 2.84. The van der Waals surface area contributed by atoms with E-state index in [1.165, 1.54) is 0 Å². The third-order valence-corrected chi connectivity index (χ3v) is 3.78. The van der Waals surface area contributed by atoms with Crippen LogP contribution in [0, 0.1) is 5.41 Å². The van der Waals surface area contributed by atoms with E-state index in [0.717, 1.165) is 6.42 Å². The smallest absolute Gasteiger partial charge is 0.304 e. The van der Waals surface area contributed by atoms with Crippen molar-refractivity contribution in [2.45, 2.75) is 53.9 Å². The van der Waals surface area contributed by atoms with Crippen LogP contribution in [0.1, 0.15) is 53.9 Å². The van der Waals surface area contributed by atoms with Gasteiger partial charge < -0.3 is 5.11 Å². The molecule has 0 spiro atoms. The van der Waals surface area contributed by atoms with E-state index in [1.54, 1.807) is 27.7 Å². The minimum absolute atomic E-state index is 0.114. The van der Waals surface area contributed by atoms with E-state index < -0.39 is 11.4 Å². The van der Waals surface area contributed by atoms with Crippen LogP contribution in [0.15, 0.2) is 22.3 Å². The summed E-state index contributed by atoms with van der Waals surface area (Å²) in [6.45, 7) is 8.64. The molecule has 0 bridgehead atoms. The molecule has 0 unspecified atom stereocenters. The second kappa shape index (κ2) is 5.73. The molecule has 0 fully saturated rings. The third-order valence-electron chi connectivity index (χ3n) is 3.78. The molecule has 1 aliphatic rings. The first-order valence-corrected chi connectivity index (χ1v) is 6.85. The first-order chi connectivity index (χ1) is 9.13. The standard InChI is InChI=1S/C16H22O4/c1-6-7-11-9(2)15(20)13(10(3)14(11)19)16(4,5)8-12(17)18/h6-8H2,1-5H3,(H,17,18). The maximum atomic E-state index is 12.5. The molecule has 0 radical (unpaired) electrons. The second-order valence-electron chi connectivity index (χ2n) is 5.97. The first kappa shape index (κ1) is 16.3. The Hall–Kier alpha value is -1.71. The van der Waals surface area contributed by atoms with E-state index in [2.05, 4.69) is 0 Å². The lowest BCUT2D eigenvalue weighted by Crippen LogP contribution is -2.32. The van der Waals surface area contributed by atoms with Gasteiger partial charge in [0, 0.05) is 27.7 Å². The molecule has 0 aromatic rings. The minimum atomic E-state index is -0.975. The van der Waals surface area contributed by atoms with Gasteiger partial charge in [0.05, 0.1) is 6.42 Å². The Morgan fingerprint density at radius 3 is 2.10 bits per heavy atom. The predicted molar refractivity (Wildman–Crippen MR) is 76.4 cm³/mol. The predicted octanol–water partition coefficient (Wildman–Crippen LogP) is 3.07. The normalized spacial score (nSPS) is 17.1. The molecule has 1 N–H and O–H groups in total. The van der Waals surface area contributed by atoms with Gasteiger partial charge in [-0.3, -0.25) is 14.4 Å². The summed E-state index contributed by atoms with van der Waals surface area (Å²) in [5.74, 6) is -1.27. The number of aliphatic carboxylic acids is 1. The topological polar surface area (TPSA) is 71.4 Å². The van der Waals surface area contributed by atoms with Crippen molar-refractivity contribution in [1.82, 2.24) is 0 Å². The Morgan fingerprint density at radius 1 is 1.10 bits per heavy atom. The quantitative estimate of drug-likeness (QED) is 0.784. The molecule has 1 rings (SSSR count). The van der Waals surface area contributed by atoms with Gasteiger partial charge in [-0.05, 0) is 20.3 Å². The summed E-state index contributed by atoms with van der Waals surface area (Å²) in [6.07, 6.45) is 1.21. The largest absolute Gasteiger partial charge is 0.481 e. The number of carbonyl (C=O) groups is 3. The van der Waals surface area contributed by atoms with Gasteiger partial charge in [-0.15, -0.1) is 0 Å². The molecule has 110 valence electrons. The molecule has 0 atom stereocenters. The maximum absolute atomic E-state index is 12.5. The Bertz CT molecular complexity index is 533. The average molecular weight is 278 g/mol. The first-order valence-electron chi connectivity index (χ1n) is 6.85. The number of carboxylic acid groups (broad SMARTS) is 1. The number of hydrogen-bond acceptors (Lipinski definition) is 3. The van der Waals surface area contributed by atoms with Crippen LogP contribution in [0.5, 0.6) is 0 Å². The molecular weight excluding hydrogens is 256 g/mol. The van der Waals surface area contributed by atoms with Gasteiger partial charge in [-0.25, -0.2) is 0 Å². The van der Waals surface area contributed by atoms with Gasteiger partial charge in [0.15, 0.2) is 11.6 Å². The molecule has 4 nitrogen and oxygen atoms in total. The highest BCUT2D eigenvalue weighted by Gasteiger charge is 2.38. The Labute approximate surface area is 119 Å². The van der Waals surface area contributed by atoms with Crippen molar-refractivity contribution >= 4 is 17.5 Å². The molecule has 0 aromatic heterocycles. The number of Topliss-reactive ketones (excluding diaryl/α,β-unsaturated/α-hetero) is 2. The van der Waals surface area contributed by atoms with Crippen LogP contribution >= 0.6 is 0 Å². The van der Waals surface area contributed by atoms with Crippen molar-refractivity contribution in [2.75, 3.05) is 0 Å². The molecule has 0 aliphatic heterocycles. The van der Waals surface area contributed by atoms with E-state index >= 15 is 0 Å². The molecule has 0 saturated heterocycles. The number of hydrogen-bond donors (Lipinski definition) is 1. The van der Waals surface area contributed by atoms with Crippen LogP contribution in [0.3, 0.4) is 0 Å². The fraction of sp³-hybridized carbons (Fsp3) is 0.562. The molecule has 0 heterocycles. The van der Waals surface area contributed by atoms with Crippen molar-refractivity contribution in [3.63, 3.8) is 0 Å². The van der Waals surface area contributed by atoms with E-state index in [-0.39, 0.29) is 18.0 Å². The van der Waals surface area contributed by atoms with Crippen molar-refractivity contribution in [3.05, 3.63) is 22.3 Å². The Balaban J connectivity index is 3.33. The molecule has 0 aromatic carbocycles. The lowest BCUT2D eigenvalue weighted by molar-refractivity contribution is -0.138. The lowest BCUT2D eigenvalue weighted by atomic mass is 9.70. The molecule has 1 aliphatic carbocycles. The zero-order valence-electron chi connectivity index (χ0n) is 12.8.